The second-order valence-corrected chi connectivity index (χ2v) is 6.07. The van der Waals surface area contributed by atoms with Crippen LogP contribution in [0.4, 0.5) is 0 Å². The zero-order valence-electron chi connectivity index (χ0n) is 13.2. The third kappa shape index (κ3) is 3.61. The maximum absolute atomic E-state index is 12.1. The van der Waals surface area contributed by atoms with Gasteiger partial charge in [-0.3, -0.25) is 4.79 Å². The summed E-state index contributed by atoms with van der Waals surface area (Å²) in [6.45, 7) is 8.88. The molecule has 6 heteroatoms. The molecule has 1 aromatic rings. The number of rotatable bonds is 6. The van der Waals surface area contributed by atoms with Crippen molar-refractivity contribution in [3.63, 3.8) is 0 Å². The molecule has 2 atom stereocenters. The lowest BCUT2D eigenvalue weighted by molar-refractivity contribution is -0.146. The van der Waals surface area contributed by atoms with Crippen LogP contribution in [0.25, 0.3) is 0 Å². The fourth-order valence-corrected chi connectivity index (χ4v) is 2.56. The molecule has 0 saturated carbocycles. The van der Waals surface area contributed by atoms with Crippen molar-refractivity contribution in [2.45, 2.75) is 58.5 Å². The number of carbonyl (C=O) groups excluding carboxylic acids is 1. The first-order valence-corrected chi connectivity index (χ1v) is 7.61. The Morgan fingerprint density at radius 2 is 2.24 bits per heavy atom. The van der Waals surface area contributed by atoms with Gasteiger partial charge in [0.15, 0.2) is 0 Å². The molecule has 2 heterocycles. The molecule has 0 N–H and O–H groups in total. The van der Waals surface area contributed by atoms with Crippen molar-refractivity contribution < 1.29 is 18.8 Å². The van der Waals surface area contributed by atoms with E-state index in [-0.39, 0.29) is 5.97 Å². The van der Waals surface area contributed by atoms with E-state index in [9.17, 15) is 4.79 Å². The molecule has 1 saturated heterocycles. The first kappa shape index (κ1) is 15.9. The van der Waals surface area contributed by atoms with Gasteiger partial charge in [-0.2, -0.15) is 4.98 Å². The van der Waals surface area contributed by atoms with Crippen molar-refractivity contribution in [3.8, 4) is 0 Å². The Hall–Kier alpha value is -1.43. The van der Waals surface area contributed by atoms with Gasteiger partial charge in [0, 0.05) is 6.61 Å². The van der Waals surface area contributed by atoms with Crippen LogP contribution < -0.4 is 0 Å². The fraction of sp³-hybridized carbons (Fsp3) is 0.800. The minimum Gasteiger partial charge on any atom is -0.465 e. The van der Waals surface area contributed by atoms with Gasteiger partial charge in [-0.25, -0.2) is 0 Å². The van der Waals surface area contributed by atoms with Crippen LogP contribution in [0, 0.1) is 5.92 Å². The van der Waals surface area contributed by atoms with Gasteiger partial charge in [0.25, 0.3) is 0 Å². The summed E-state index contributed by atoms with van der Waals surface area (Å²) in [6.07, 6.45) is 2.46. The Bertz CT molecular complexity index is 478. The zero-order chi connectivity index (χ0) is 15.5. The van der Waals surface area contributed by atoms with Crippen LogP contribution in [0.1, 0.15) is 64.6 Å². The highest BCUT2D eigenvalue weighted by Crippen LogP contribution is 2.35. The van der Waals surface area contributed by atoms with Gasteiger partial charge in [0.2, 0.25) is 11.7 Å². The summed E-state index contributed by atoms with van der Waals surface area (Å²) in [7, 11) is 0. The summed E-state index contributed by atoms with van der Waals surface area (Å²) in [4.78, 5) is 16.5. The largest absolute Gasteiger partial charge is 0.465 e. The Kier molecular flexibility index (Phi) is 4.98. The summed E-state index contributed by atoms with van der Waals surface area (Å²) in [5.41, 5.74) is -0.501. The van der Waals surface area contributed by atoms with Crippen molar-refractivity contribution in [2.75, 3.05) is 13.2 Å². The Labute approximate surface area is 125 Å². The third-order valence-electron chi connectivity index (χ3n) is 3.71. The second kappa shape index (κ2) is 6.56. The van der Waals surface area contributed by atoms with Crippen molar-refractivity contribution in [2.24, 2.45) is 5.92 Å². The summed E-state index contributed by atoms with van der Waals surface area (Å²) < 4.78 is 16.2. The Morgan fingerprint density at radius 3 is 2.81 bits per heavy atom. The van der Waals surface area contributed by atoms with Crippen LogP contribution in [0.5, 0.6) is 0 Å². The van der Waals surface area contributed by atoms with E-state index in [4.69, 9.17) is 14.0 Å². The van der Waals surface area contributed by atoms with E-state index in [0.29, 0.717) is 37.3 Å². The molecule has 1 fully saturated rings. The molecule has 6 nitrogen and oxygen atoms in total. The van der Waals surface area contributed by atoms with Crippen LogP contribution in [-0.4, -0.2) is 29.3 Å². The molecule has 2 rings (SSSR count). The molecule has 0 spiro atoms. The molecule has 0 radical (unpaired) electrons. The molecular formula is C15H24N2O4. The molecule has 0 aliphatic carbocycles. The second-order valence-electron chi connectivity index (χ2n) is 6.07. The number of hydrogen-bond donors (Lipinski definition) is 0. The molecule has 21 heavy (non-hydrogen) atoms. The lowest BCUT2D eigenvalue weighted by Crippen LogP contribution is -2.22. The van der Waals surface area contributed by atoms with Crippen molar-refractivity contribution in [1.82, 2.24) is 10.1 Å². The molecule has 1 aliphatic rings. The molecule has 1 aliphatic heterocycles. The van der Waals surface area contributed by atoms with Gasteiger partial charge in [-0.1, -0.05) is 19.0 Å². The maximum atomic E-state index is 12.1. The van der Waals surface area contributed by atoms with E-state index in [1.54, 1.807) is 6.92 Å². The van der Waals surface area contributed by atoms with E-state index in [1.807, 2.05) is 20.8 Å². The van der Waals surface area contributed by atoms with Crippen LogP contribution in [0.2, 0.25) is 0 Å². The number of carbonyl (C=O) groups is 1. The SMILES string of the molecule is CCOC(=O)C(CC(C)C)c1nc(C2(C)CCCO2)no1. The number of esters is 1. The minimum atomic E-state index is -0.504. The average Bonchev–Trinajstić information content (AvgIpc) is 3.05. The van der Waals surface area contributed by atoms with Crippen LogP contribution in [-0.2, 0) is 19.9 Å². The quantitative estimate of drug-likeness (QED) is 0.751. The summed E-state index contributed by atoms with van der Waals surface area (Å²) in [5.74, 6) is 0.366. The van der Waals surface area contributed by atoms with Crippen molar-refractivity contribution >= 4 is 5.97 Å². The van der Waals surface area contributed by atoms with Crippen molar-refractivity contribution in [3.05, 3.63) is 11.7 Å². The topological polar surface area (TPSA) is 74.5 Å². The van der Waals surface area contributed by atoms with Crippen LogP contribution >= 0.6 is 0 Å². The number of nitrogens with zero attached hydrogens (tertiary/aromatic N) is 2. The maximum Gasteiger partial charge on any atom is 0.318 e. The van der Waals surface area contributed by atoms with Gasteiger partial charge in [0.05, 0.1) is 6.61 Å². The smallest absolute Gasteiger partial charge is 0.318 e. The number of hydrogen-bond acceptors (Lipinski definition) is 6. The molecule has 118 valence electrons. The molecule has 2 unspecified atom stereocenters. The monoisotopic (exact) mass is 296 g/mol. The van der Waals surface area contributed by atoms with E-state index in [2.05, 4.69) is 10.1 Å². The fourth-order valence-electron chi connectivity index (χ4n) is 2.56. The molecule has 0 aromatic carbocycles. The normalized spacial score (nSPS) is 23.5. The first-order valence-electron chi connectivity index (χ1n) is 7.61. The Balaban J connectivity index is 2.20. The highest BCUT2D eigenvalue weighted by atomic mass is 16.5. The van der Waals surface area contributed by atoms with E-state index in [1.165, 1.54) is 0 Å². The highest BCUT2D eigenvalue weighted by molar-refractivity contribution is 5.76. The average molecular weight is 296 g/mol. The molecule has 0 bridgehead atoms. The van der Waals surface area contributed by atoms with Gasteiger partial charge in [-0.15, -0.1) is 0 Å². The van der Waals surface area contributed by atoms with Gasteiger partial charge in [-0.05, 0) is 39.0 Å². The first-order chi connectivity index (χ1) is 9.96. The lowest BCUT2D eigenvalue weighted by Gasteiger charge is -2.18. The van der Waals surface area contributed by atoms with Crippen LogP contribution in [0.15, 0.2) is 4.52 Å². The Morgan fingerprint density at radius 1 is 1.48 bits per heavy atom. The third-order valence-corrected chi connectivity index (χ3v) is 3.71. The number of ether oxygens (including phenoxy) is 2. The predicted octanol–water partition coefficient (Wildman–Crippen LogP) is 2.79. The van der Waals surface area contributed by atoms with Crippen molar-refractivity contribution in [1.29, 1.82) is 0 Å². The van der Waals surface area contributed by atoms with E-state index >= 15 is 0 Å². The standard InChI is InChI=1S/C15H24N2O4/c1-5-19-13(18)11(9-10(2)3)12-16-14(17-21-12)15(4)7-6-8-20-15/h10-11H,5-9H2,1-4H3. The van der Waals surface area contributed by atoms with Gasteiger partial charge >= 0.3 is 5.97 Å². The number of aromatic nitrogens is 2. The summed E-state index contributed by atoms with van der Waals surface area (Å²) >= 11 is 0. The molecule has 1 aromatic heterocycles. The lowest BCUT2D eigenvalue weighted by atomic mass is 9.97. The molecule has 0 amide bonds. The summed E-state index contributed by atoms with van der Waals surface area (Å²) in [5, 5.41) is 4.02. The minimum absolute atomic E-state index is 0.307. The van der Waals surface area contributed by atoms with E-state index < -0.39 is 11.5 Å². The van der Waals surface area contributed by atoms with E-state index in [0.717, 1.165) is 12.8 Å². The van der Waals surface area contributed by atoms with Crippen LogP contribution in [0.3, 0.4) is 0 Å². The van der Waals surface area contributed by atoms with Gasteiger partial charge in [0.1, 0.15) is 11.5 Å². The summed E-state index contributed by atoms with van der Waals surface area (Å²) in [6, 6.07) is 0. The highest BCUT2D eigenvalue weighted by Gasteiger charge is 2.38. The predicted molar refractivity (Wildman–Crippen MR) is 75.7 cm³/mol. The zero-order valence-corrected chi connectivity index (χ0v) is 13.2. The molecular weight excluding hydrogens is 272 g/mol. The van der Waals surface area contributed by atoms with Gasteiger partial charge < -0.3 is 14.0 Å².